The minimum Gasteiger partial charge on any atom is -0.507 e. The Morgan fingerprint density at radius 1 is 1.15 bits per heavy atom. The molecule has 2 aromatic heterocycles. The van der Waals surface area contributed by atoms with Gasteiger partial charge in [-0.2, -0.15) is 0 Å². The van der Waals surface area contributed by atoms with Crippen LogP contribution in [0.3, 0.4) is 0 Å². The highest BCUT2D eigenvalue weighted by Crippen LogP contribution is 2.40. The summed E-state index contributed by atoms with van der Waals surface area (Å²) in [6.07, 6.45) is 7.15. The van der Waals surface area contributed by atoms with E-state index in [1.165, 1.54) is 4.90 Å². The molecule has 0 radical (unpaired) electrons. The number of carbonyl (C=O) groups is 1. The van der Waals surface area contributed by atoms with Crippen LogP contribution in [0.15, 0.2) is 35.0 Å². The molecule has 2 saturated heterocycles. The Morgan fingerprint density at radius 2 is 1.97 bits per heavy atom. The molecule has 1 aliphatic carbocycles. The van der Waals surface area contributed by atoms with Gasteiger partial charge in [-0.15, -0.1) is 0 Å². The summed E-state index contributed by atoms with van der Waals surface area (Å²) in [7, 11) is 3.31. The van der Waals surface area contributed by atoms with Crippen molar-refractivity contribution in [1.82, 2.24) is 20.2 Å². The number of halogens is 1. The standard InChI is InChI=1S/C25H28FN5O3/c1-30(2)25(33)22-8-13-7-20(32)16(10-21(13)34-22)18-11-28-23(12-27-18)31(15-4-5-15)19-9-14-3-6-17(29-14)24(19)26/h7-8,10-12,14-15,17,19,24,29,32H,3-6,9H2,1-2H3/t14-,17+,19-,24+/m1/s1. The molecule has 2 bridgehead atoms. The number of benzene rings is 1. The Balaban J connectivity index is 1.30. The number of alkyl halides is 1. The number of hydrogen-bond acceptors (Lipinski definition) is 7. The van der Waals surface area contributed by atoms with Gasteiger partial charge in [0.2, 0.25) is 0 Å². The average molecular weight is 466 g/mol. The number of aromatic hydroxyl groups is 1. The lowest BCUT2D eigenvalue weighted by atomic mass is 9.96. The van der Waals surface area contributed by atoms with Crippen molar-refractivity contribution < 1.29 is 18.7 Å². The molecule has 1 saturated carbocycles. The number of fused-ring (bicyclic) bond motifs is 3. The first-order valence-electron chi connectivity index (χ1n) is 11.9. The second kappa shape index (κ2) is 7.94. The minimum atomic E-state index is -0.926. The number of phenolic OH excluding ortho intramolecular Hbond substituents is 1. The molecule has 0 unspecified atom stereocenters. The first kappa shape index (κ1) is 21.3. The highest BCUT2D eigenvalue weighted by atomic mass is 19.1. The van der Waals surface area contributed by atoms with Gasteiger partial charge >= 0.3 is 0 Å². The maximum Gasteiger partial charge on any atom is 0.289 e. The van der Waals surface area contributed by atoms with Gasteiger partial charge in [0.25, 0.3) is 5.91 Å². The van der Waals surface area contributed by atoms with Gasteiger partial charge < -0.3 is 24.6 Å². The van der Waals surface area contributed by atoms with Crippen LogP contribution >= 0.6 is 0 Å². The summed E-state index contributed by atoms with van der Waals surface area (Å²) < 4.78 is 21.0. The van der Waals surface area contributed by atoms with E-state index in [9.17, 15) is 9.90 Å². The molecule has 3 fully saturated rings. The SMILES string of the molecule is CN(C)C(=O)c1cc2cc(O)c(-c3cnc(N(C4CC4)[C@@H]4C[C@H]5CC[C@H](N5)[C@@H]4F)cn3)cc2o1. The fourth-order valence-electron chi connectivity index (χ4n) is 5.42. The van der Waals surface area contributed by atoms with Crippen molar-refractivity contribution >= 4 is 22.7 Å². The van der Waals surface area contributed by atoms with Gasteiger partial charge in [0, 0.05) is 43.2 Å². The molecule has 178 valence electrons. The zero-order valence-electron chi connectivity index (χ0n) is 19.2. The van der Waals surface area contributed by atoms with Gasteiger partial charge in [-0.25, -0.2) is 9.37 Å². The Hall–Kier alpha value is -3.20. The first-order chi connectivity index (χ1) is 16.4. The zero-order chi connectivity index (χ0) is 23.6. The van der Waals surface area contributed by atoms with Crippen molar-refractivity contribution in [1.29, 1.82) is 0 Å². The lowest BCUT2D eigenvalue weighted by molar-refractivity contribution is 0.0799. The Kier molecular flexibility index (Phi) is 4.98. The molecule has 1 amide bonds. The van der Waals surface area contributed by atoms with E-state index < -0.39 is 6.17 Å². The van der Waals surface area contributed by atoms with E-state index in [-0.39, 0.29) is 29.5 Å². The average Bonchev–Trinajstić information content (AvgIpc) is 3.44. The number of aromatic nitrogens is 2. The smallest absolute Gasteiger partial charge is 0.289 e. The summed E-state index contributed by atoms with van der Waals surface area (Å²) in [5.74, 6) is 0.656. The predicted molar refractivity (Wildman–Crippen MR) is 126 cm³/mol. The van der Waals surface area contributed by atoms with Gasteiger partial charge in [0.05, 0.1) is 24.1 Å². The molecule has 6 rings (SSSR count). The van der Waals surface area contributed by atoms with E-state index in [0.717, 1.165) is 32.1 Å². The van der Waals surface area contributed by atoms with Crippen LogP contribution in [0.4, 0.5) is 10.2 Å². The van der Waals surface area contributed by atoms with E-state index in [1.807, 2.05) is 0 Å². The van der Waals surface area contributed by atoms with Crippen molar-refractivity contribution in [3.8, 4) is 17.0 Å². The number of rotatable bonds is 5. The molecule has 34 heavy (non-hydrogen) atoms. The largest absolute Gasteiger partial charge is 0.507 e. The van der Waals surface area contributed by atoms with Crippen LogP contribution in [0.2, 0.25) is 0 Å². The Morgan fingerprint density at radius 3 is 2.68 bits per heavy atom. The summed E-state index contributed by atoms with van der Waals surface area (Å²) in [5.41, 5.74) is 1.43. The fourth-order valence-corrected chi connectivity index (χ4v) is 5.42. The number of nitrogens with zero attached hydrogens (tertiary/aromatic N) is 4. The summed E-state index contributed by atoms with van der Waals surface area (Å²) in [6, 6.07) is 5.26. The molecule has 4 heterocycles. The third-order valence-corrected chi connectivity index (χ3v) is 7.28. The quantitative estimate of drug-likeness (QED) is 0.596. The van der Waals surface area contributed by atoms with Crippen molar-refractivity contribution in [2.24, 2.45) is 0 Å². The van der Waals surface area contributed by atoms with Crippen LogP contribution in [0, 0.1) is 0 Å². The van der Waals surface area contributed by atoms with Crippen LogP contribution in [-0.4, -0.2) is 70.3 Å². The molecule has 2 aliphatic heterocycles. The van der Waals surface area contributed by atoms with E-state index in [2.05, 4.69) is 20.2 Å². The first-order valence-corrected chi connectivity index (χ1v) is 11.9. The number of hydrogen-bond donors (Lipinski definition) is 2. The summed E-state index contributed by atoms with van der Waals surface area (Å²) in [4.78, 5) is 25.0. The predicted octanol–water partition coefficient (Wildman–Crippen LogP) is 3.50. The molecule has 2 N–H and O–H groups in total. The van der Waals surface area contributed by atoms with Crippen LogP contribution in [0.5, 0.6) is 5.75 Å². The number of phenols is 1. The molecule has 9 heteroatoms. The van der Waals surface area contributed by atoms with Crippen LogP contribution in [0.1, 0.15) is 42.7 Å². The second-order valence-electron chi connectivity index (χ2n) is 9.91. The zero-order valence-corrected chi connectivity index (χ0v) is 19.2. The van der Waals surface area contributed by atoms with Gasteiger partial charge in [-0.05, 0) is 50.3 Å². The van der Waals surface area contributed by atoms with Crippen molar-refractivity contribution in [3.63, 3.8) is 0 Å². The highest BCUT2D eigenvalue weighted by molar-refractivity contribution is 5.97. The van der Waals surface area contributed by atoms with Gasteiger partial charge in [-0.3, -0.25) is 9.78 Å². The van der Waals surface area contributed by atoms with Crippen molar-refractivity contribution in [3.05, 3.63) is 36.4 Å². The fraction of sp³-hybridized carbons (Fsp3) is 0.480. The number of anilines is 1. The maximum atomic E-state index is 15.3. The monoisotopic (exact) mass is 465 g/mol. The van der Waals surface area contributed by atoms with E-state index in [4.69, 9.17) is 4.42 Å². The molecular formula is C25H28FN5O3. The van der Waals surface area contributed by atoms with E-state index >= 15 is 4.39 Å². The Labute approximate surface area is 196 Å². The van der Waals surface area contributed by atoms with E-state index in [0.29, 0.717) is 40.1 Å². The number of amides is 1. The van der Waals surface area contributed by atoms with Gasteiger partial charge in [0.1, 0.15) is 23.3 Å². The maximum absolute atomic E-state index is 15.3. The molecule has 1 aromatic carbocycles. The molecule has 4 atom stereocenters. The number of furan rings is 1. The van der Waals surface area contributed by atoms with Gasteiger partial charge in [0.15, 0.2) is 5.76 Å². The third kappa shape index (κ3) is 3.58. The minimum absolute atomic E-state index is 0.0250. The summed E-state index contributed by atoms with van der Waals surface area (Å²) in [5, 5.41) is 14.7. The molecular weight excluding hydrogens is 437 g/mol. The van der Waals surface area contributed by atoms with Crippen LogP contribution in [0.25, 0.3) is 22.2 Å². The Bertz CT molecular complexity index is 1240. The molecule has 0 spiro atoms. The van der Waals surface area contributed by atoms with Gasteiger partial charge in [-0.1, -0.05) is 0 Å². The highest BCUT2D eigenvalue weighted by Gasteiger charge is 2.48. The number of nitrogens with one attached hydrogen (secondary N) is 1. The van der Waals surface area contributed by atoms with Crippen LogP contribution in [-0.2, 0) is 0 Å². The topological polar surface area (TPSA) is 94.7 Å². The van der Waals surface area contributed by atoms with Crippen molar-refractivity contribution in [2.45, 2.75) is 62.4 Å². The molecule has 8 nitrogen and oxygen atoms in total. The summed E-state index contributed by atoms with van der Waals surface area (Å²) in [6.45, 7) is 0. The number of piperidine rings is 1. The lowest BCUT2D eigenvalue weighted by Gasteiger charge is -2.41. The summed E-state index contributed by atoms with van der Waals surface area (Å²) >= 11 is 0. The third-order valence-electron chi connectivity index (χ3n) is 7.28. The second-order valence-corrected chi connectivity index (χ2v) is 9.91. The molecule has 3 aromatic rings. The number of carbonyl (C=O) groups excluding carboxylic acids is 1. The normalized spacial score (nSPS) is 26.1. The van der Waals surface area contributed by atoms with Crippen LogP contribution < -0.4 is 10.2 Å². The lowest BCUT2D eigenvalue weighted by Crippen LogP contribution is -2.57. The van der Waals surface area contributed by atoms with Crippen molar-refractivity contribution in [2.75, 3.05) is 19.0 Å². The molecule has 3 aliphatic rings. The van der Waals surface area contributed by atoms with E-state index in [1.54, 1.807) is 44.7 Å².